The van der Waals surface area contributed by atoms with E-state index in [2.05, 4.69) is 10.1 Å². The quantitative estimate of drug-likeness (QED) is 0.787. The minimum absolute atomic E-state index is 0.0158. The summed E-state index contributed by atoms with van der Waals surface area (Å²) in [5, 5.41) is 11.6. The van der Waals surface area contributed by atoms with Crippen molar-refractivity contribution in [2.75, 3.05) is 32.1 Å². The van der Waals surface area contributed by atoms with Crippen molar-refractivity contribution >= 4 is 17.6 Å². The molecule has 0 radical (unpaired) electrons. The average molecular weight is 308 g/mol. The lowest BCUT2D eigenvalue weighted by atomic mass is 10.2. The zero-order valence-electron chi connectivity index (χ0n) is 12.4. The Hall–Kier alpha value is -2.41. The Labute approximate surface area is 127 Å². The molecule has 2 rings (SSSR count). The summed E-state index contributed by atoms with van der Waals surface area (Å²) in [4.78, 5) is 25.4. The summed E-state index contributed by atoms with van der Waals surface area (Å²) in [6.45, 7) is 1.62. The van der Waals surface area contributed by atoms with E-state index in [4.69, 9.17) is 5.11 Å². The van der Waals surface area contributed by atoms with Crippen molar-refractivity contribution in [2.45, 2.75) is 6.92 Å². The van der Waals surface area contributed by atoms with Gasteiger partial charge in [-0.25, -0.2) is 9.18 Å². The van der Waals surface area contributed by atoms with Crippen molar-refractivity contribution in [2.24, 2.45) is 0 Å². The Bertz CT molecular complexity index is 642. The lowest BCUT2D eigenvalue weighted by Crippen LogP contribution is -2.31. The van der Waals surface area contributed by atoms with Gasteiger partial charge in [-0.1, -0.05) is 6.07 Å². The number of ether oxygens (including phenoxy) is 1. The highest BCUT2D eigenvalue weighted by atomic mass is 19.1. The van der Waals surface area contributed by atoms with E-state index in [0.717, 1.165) is 5.56 Å². The molecule has 7 heteroatoms. The van der Waals surface area contributed by atoms with Crippen molar-refractivity contribution in [3.05, 3.63) is 40.8 Å². The number of methoxy groups -OCH3 is 1. The van der Waals surface area contributed by atoms with Crippen LogP contribution in [0, 0.1) is 12.7 Å². The van der Waals surface area contributed by atoms with Gasteiger partial charge in [0.25, 0.3) is 5.91 Å². The van der Waals surface area contributed by atoms with Gasteiger partial charge in [0.15, 0.2) is 0 Å². The lowest BCUT2D eigenvalue weighted by molar-refractivity contribution is -0.136. The van der Waals surface area contributed by atoms with Crippen molar-refractivity contribution in [1.29, 1.82) is 0 Å². The largest absolute Gasteiger partial charge is 0.466 e. The predicted octanol–water partition coefficient (Wildman–Crippen LogP) is 0.808. The second kappa shape index (κ2) is 6.57. The number of carbonyl (C=O) groups is 2. The number of carbonyl (C=O) groups excluding carboxylic acids is 2. The number of hydrogen-bond donors (Lipinski definition) is 2. The summed E-state index contributed by atoms with van der Waals surface area (Å²) < 4.78 is 18.6. The molecule has 0 fully saturated rings. The van der Waals surface area contributed by atoms with Crippen molar-refractivity contribution in [3.8, 4) is 0 Å². The summed E-state index contributed by atoms with van der Waals surface area (Å²) >= 11 is 0. The van der Waals surface area contributed by atoms with Crippen LogP contribution in [0.25, 0.3) is 0 Å². The van der Waals surface area contributed by atoms with Gasteiger partial charge in [0.1, 0.15) is 11.5 Å². The van der Waals surface area contributed by atoms with Crippen LogP contribution in [0.4, 0.5) is 10.1 Å². The number of amides is 1. The molecule has 22 heavy (non-hydrogen) atoms. The maximum atomic E-state index is 13.9. The van der Waals surface area contributed by atoms with Crippen LogP contribution in [0.5, 0.6) is 0 Å². The number of aliphatic hydroxyl groups excluding tert-OH is 1. The molecule has 118 valence electrons. The second-order valence-corrected chi connectivity index (χ2v) is 4.90. The normalized spacial score (nSPS) is 14.5. The van der Waals surface area contributed by atoms with Gasteiger partial charge in [0, 0.05) is 6.54 Å². The molecule has 1 aliphatic heterocycles. The number of hydrogen-bond acceptors (Lipinski definition) is 5. The summed E-state index contributed by atoms with van der Waals surface area (Å²) in [6.07, 6.45) is 0. The Balaban J connectivity index is 2.34. The van der Waals surface area contributed by atoms with E-state index in [0.29, 0.717) is 0 Å². The third-order valence-corrected chi connectivity index (χ3v) is 3.34. The van der Waals surface area contributed by atoms with E-state index in [1.807, 2.05) is 0 Å². The van der Waals surface area contributed by atoms with Crippen LogP contribution < -0.4 is 5.32 Å². The molecule has 0 spiro atoms. The molecular weight excluding hydrogens is 291 g/mol. The zero-order valence-corrected chi connectivity index (χ0v) is 12.4. The first-order chi connectivity index (χ1) is 10.5. The van der Waals surface area contributed by atoms with Crippen molar-refractivity contribution in [1.82, 2.24) is 4.90 Å². The van der Waals surface area contributed by atoms with Crippen LogP contribution in [0.2, 0.25) is 0 Å². The van der Waals surface area contributed by atoms with Crippen molar-refractivity contribution in [3.63, 3.8) is 0 Å². The van der Waals surface area contributed by atoms with E-state index in [-0.39, 0.29) is 36.7 Å². The first kappa shape index (κ1) is 16.0. The topological polar surface area (TPSA) is 78.9 Å². The molecule has 0 aromatic heterocycles. The number of halogens is 1. The molecule has 1 amide bonds. The average Bonchev–Trinajstić information content (AvgIpc) is 2.79. The maximum Gasteiger partial charge on any atom is 0.337 e. The smallest absolute Gasteiger partial charge is 0.337 e. The molecule has 0 saturated heterocycles. The SMILES string of the molecule is COC(=O)C1=C(Nc2ccc(C)cc2F)C(=O)N(CCO)C1. The number of anilines is 1. The fourth-order valence-electron chi connectivity index (χ4n) is 2.21. The minimum atomic E-state index is -0.663. The van der Waals surface area contributed by atoms with Gasteiger partial charge < -0.3 is 20.1 Å². The molecule has 0 aliphatic carbocycles. The molecule has 6 nitrogen and oxygen atoms in total. The van der Waals surface area contributed by atoms with E-state index in [9.17, 15) is 14.0 Å². The number of aliphatic hydroxyl groups is 1. The third kappa shape index (κ3) is 3.09. The number of benzene rings is 1. The molecule has 2 N–H and O–H groups in total. The Morgan fingerprint density at radius 3 is 2.82 bits per heavy atom. The molecule has 0 unspecified atom stereocenters. The van der Waals surface area contributed by atoms with Crippen LogP contribution in [0.3, 0.4) is 0 Å². The first-order valence-electron chi connectivity index (χ1n) is 6.72. The summed E-state index contributed by atoms with van der Waals surface area (Å²) in [5.74, 6) is -1.66. The van der Waals surface area contributed by atoms with Crippen LogP contribution >= 0.6 is 0 Å². The standard InChI is InChI=1S/C15H17FN2O4/c1-9-3-4-12(11(16)7-9)17-13-10(15(21)22-2)8-18(5-6-19)14(13)20/h3-4,7,17,19H,5-6,8H2,1-2H3. The number of rotatable bonds is 5. The van der Waals surface area contributed by atoms with Crippen LogP contribution in [-0.4, -0.2) is 48.7 Å². The Kier molecular flexibility index (Phi) is 4.77. The van der Waals surface area contributed by atoms with Gasteiger partial charge in [0.2, 0.25) is 0 Å². The van der Waals surface area contributed by atoms with E-state index >= 15 is 0 Å². The van der Waals surface area contributed by atoms with Crippen LogP contribution in [0.1, 0.15) is 5.56 Å². The van der Waals surface area contributed by atoms with Gasteiger partial charge in [-0.15, -0.1) is 0 Å². The molecule has 1 heterocycles. The zero-order chi connectivity index (χ0) is 16.3. The van der Waals surface area contributed by atoms with Crippen LogP contribution in [-0.2, 0) is 14.3 Å². The number of nitrogens with one attached hydrogen (secondary N) is 1. The second-order valence-electron chi connectivity index (χ2n) is 4.90. The predicted molar refractivity (Wildman–Crippen MR) is 77.5 cm³/mol. The van der Waals surface area contributed by atoms with E-state index < -0.39 is 17.7 Å². The highest BCUT2D eigenvalue weighted by Crippen LogP contribution is 2.24. The van der Waals surface area contributed by atoms with E-state index in [1.54, 1.807) is 13.0 Å². The lowest BCUT2D eigenvalue weighted by Gasteiger charge is -2.15. The van der Waals surface area contributed by atoms with Gasteiger partial charge in [-0.3, -0.25) is 4.79 Å². The number of β-amino-alcohol motifs (C(OH)–C–C–N with tert-alkyl or cyclic N) is 1. The van der Waals surface area contributed by atoms with Gasteiger partial charge in [-0.2, -0.15) is 0 Å². The van der Waals surface area contributed by atoms with Gasteiger partial charge in [-0.05, 0) is 24.6 Å². The van der Waals surface area contributed by atoms with Gasteiger partial charge >= 0.3 is 5.97 Å². The molecular formula is C15H17FN2O4. The van der Waals surface area contributed by atoms with Crippen LogP contribution in [0.15, 0.2) is 29.5 Å². The molecule has 0 atom stereocenters. The van der Waals surface area contributed by atoms with Gasteiger partial charge in [0.05, 0.1) is 31.5 Å². The first-order valence-corrected chi connectivity index (χ1v) is 6.72. The Morgan fingerprint density at radius 2 is 2.23 bits per heavy atom. The molecule has 0 bridgehead atoms. The van der Waals surface area contributed by atoms with E-state index in [1.165, 1.54) is 24.1 Å². The molecule has 1 aromatic carbocycles. The fraction of sp³-hybridized carbons (Fsp3) is 0.333. The maximum absolute atomic E-state index is 13.9. The monoisotopic (exact) mass is 308 g/mol. The number of nitrogens with zero attached hydrogens (tertiary/aromatic N) is 1. The summed E-state index contributed by atoms with van der Waals surface area (Å²) in [5.41, 5.74) is 0.926. The summed E-state index contributed by atoms with van der Waals surface area (Å²) in [6, 6.07) is 4.51. The molecule has 1 aromatic rings. The molecule has 1 aliphatic rings. The molecule has 0 saturated carbocycles. The number of aryl methyl sites for hydroxylation is 1. The highest BCUT2D eigenvalue weighted by molar-refractivity contribution is 6.08. The highest BCUT2D eigenvalue weighted by Gasteiger charge is 2.34. The summed E-state index contributed by atoms with van der Waals surface area (Å²) in [7, 11) is 1.21. The Morgan fingerprint density at radius 1 is 1.50 bits per heavy atom. The number of esters is 1. The minimum Gasteiger partial charge on any atom is -0.466 e. The fourth-order valence-corrected chi connectivity index (χ4v) is 2.21. The van der Waals surface area contributed by atoms with Crippen molar-refractivity contribution < 1.29 is 23.8 Å². The third-order valence-electron chi connectivity index (χ3n) is 3.34.